The number of carbonyl (C=O) groups excluding carboxylic acids is 1. The predicted molar refractivity (Wildman–Crippen MR) is 72.4 cm³/mol. The third-order valence-electron chi connectivity index (χ3n) is 4.21. The Morgan fingerprint density at radius 2 is 2.36 bits per heavy atom. The number of aromatic amines is 1. The maximum absolute atomic E-state index is 13.8. The number of fused-ring (bicyclic) bond motifs is 1. The fourth-order valence-electron chi connectivity index (χ4n) is 3.16. The molecule has 1 aromatic heterocycles. The number of aromatic nitrogens is 4. The van der Waals surface area contributed by atoms with Crippen LogP contribution < -0.4 is 4.74 Å². The van der Waals surface area contributed by atoms with Crippen LogP contribution in [0.1, 0.15) is 30.3 Å². The maximum Gasteiger partial charge on any atom is 0.264 e. The van der Waals surface area contributed by atoms with Gasteiger partial charge in [-0.1, -0.05) is 11.3 Å². The third-order valence-corrected chi connectivity index (χ3v) is 4.21. The van der Waals surface area contributed by atoms with Gasteiger partial charge in [0.1, 0.15) is 11.6 Å². The zero-order valence-corrected chi connectivity index (χ0v) is 11.7. The lowest BCUT2D eigenvalue weighted by atomic mass is 10.1. The van der Waals surface area contributed by atoms with E-state index in [1.807, 2.05) is 0 Å². The van der Waals surface area contributed by atoms with Crippen molar-refractivity contribution in [2.75, 3.05) is 6.54 Å². The Morgan fingerprint density at radius 3 is 3.14 bits per heavy atom. The van der Waals surface area contributed by atoms with Crippen LogP contribution in [0.2, 0.25) is 0 Å². The summed E-state index contributed by atoms with van der Waals surface area (Å²) in [5.41, 5.74) is 0.469. The van der Waals surface area contributed by atoms with Crippen LogP contribution in [0.25, 0.3) is 0 Å². The number of hydrogen-bond acceptors (Lipinski definition) is 5. The topological polar surface area (TPSA) is 84.0 Å². The summed E-state index contributed by atoms with van der Waals surface area (Å²) in [6.07, 6.45) is 1.24. The minimum atomic E-state index is -0.681. The number of rotatable bonds is 2. The Balaban J connectivity index is 1.55. The molecule has 2 aliphatic heterocycles. The smallest absolute Gasteiger partial charge is 0.264 e. The first kappa shape index (κ1) is 13.2. The summed E-state index contributed by atoms with van der Waals surface area (Å²) in [4.78, 5) is 14.4. The van der Waals surface area contributed by atoms with Gasteiger partial charge in [-0.05, 0) is 25.0 Å². The SMILES string of the molecule is O=C(C1Cc2c(F)cccc2O1)N1CCCC1c1nn[nH]n1. The van der Waals surface area contributed by atoms with Gasteiger partial charge in [0.25, 0.3) is 5.91 Å². The molecule has 0 spiro atoms. The van der Waals surface area contributed by atoms with Crippen molar-refractivity contribution in [2.45, 2.75) is 31.4 Å². The van der Waals surface area contributed by atoms with E-state index < -0.39 is 6.10 Å². The van der Waals surface area contributed by atoms with Crippen LogP contribution in [0.3, 0.4) is 0 Å². The van der Waals surface area contributed by atoms with Crippen LogP contribution in [0.5, 0.6) is 5.75 Å². The number of halogens is 1. The molecule has 1 saturated heterocycles. The Hall–Kier alpha value is -2.51. The molecule has 3 heterocycles. The highest BCUT2D eigenvalue weighted by Crippen LogP contribution is 2.35. The van der Waals surface area contributed by atoms with Crippen LogP contribution in [-0.4, -0.2) is 44.1 Å². The van der Waals surface area contributed by atoms with Crippen molar-refractivity contribution < 1.29 is 13.9 Å². The number of tetrazole rings is 1. The molecule has 2 aromatic rings. The second-order valence-corrected chi connectivity index (χ2v) is 5.49. The molecular weight excluding hydrogens is 289 g/mol. The van der Waals surface area contributed by atoms with E-state index in [9.17, 15) is 9.18 Å². The molecule has 8 heteroatoms. The fourth-order valence-corrected chi connectivity index (χ4v) is 3.16. The molecule has 7 nitrogen and oxygen atoms in total. The van der Waals surface area contributed by atoms with Crippen molar-refractivity contribution in [1.29, 1.82) is 0 Å². The first-order chi connectivity index (χ1) is 10.7. The number of H-pyrrole nitrogens is 1. The third kappa shape index (κ3) is 2.02. The van der Waals surface area contributed by atoms with E-state index in [1.165, 1.54) is 6.07 Å². The van der Waals surface area contributed by atoms with Gasteiger partial charge < -0.3 is 9.64 Å². The number of hydrogen-bond donors (Lipinski definition) is 1. The molecule has 1 N–H and O–H groups in total. The second-order valence-electron chi connectivity index (χ2n) is 5.49. The maximum atomic E-state index is 13.8. The first-order valence-corrected chi connectivity index (χ1v) is 7.22. The summed E-state index contributed by atoms with van der Waals surface area (Å²) in [5, 5.41) is 13.9. The van der Waals surface area contributed by atoms with E-state index in [1.54, 1.807) is 17.0 Å². The van der Waals surface area contributed by atoms with E-state index >= 15 is 0 Å². The quantitative estimate of drug-likeness (QED) is 0.895. The monoisotopic (exact) mass is 303 g/mol. The van der Waals surface area contributed by atoms with Gasteiger partial charge in [0.05, 0.1) is 6.04 Å². The van der Waals surface area contributed by atoms with Crippen LogP contribution in [0.15, 0.2) is 18.2 Å². The highest BCUT2D eigenvalue weighted by Gasteiger charge is 2.40. The Bertz CT molecular complexity index is 705. The minimum Gasteiger partial charge on any atom is -0.480 e. The first-order valence-electron chi connectivity index (χ1n) is 7.22. The number of nitrogens with one attached hydrogen (secondary N) is 1. The molecule has 22 heavy (non-hydrogen) atoms. The molecular formula is C14H14FN5O2. The zero-order valence-electron chi connectivity index (χ0n) is 11.7. The van der Waals surface area contributed by atoms with Gasteiger partial charge in [0, 0.05) is 18.5 Å². The lowest BCUT2D eigenvalue weighted by Crippen LogP contribution is -2.41. The van der Waals surface area contributed by atoms with Gasteiger partial charge in [-0.2, -0.15) is 5.21 Å². The van der Waals surface area contributed by atoms with E-state index in [0.717, 1.165) is 12.8 Å². The van der Waals surface area contributed by atoms with Crippen molar-refractivity contribution in [3.63, 3.8) is 0 Å². The van der Waals surface area contributed by atoms with Crippen molar-refractivity contribution in [3.8, 4) is 5.75 Å². The van der Waals surface area contributed by atoms with Gasteiger partial charge >= 0.3 is 0 Å². The molecule has 1 fully saturated rings. The van der Waals surface area contributed by atoms with E-state index in [4.69, 9.17) is 4.74 Å². The summed E-state index contributed by atoms with van der Waals surface area (Å²) in [5.74, 6) is 0.480. The predicted octanol–water partition coefficient (Wildman–Crippen LogP) is 1.01. The molecule has 0 saturated carbocycles. The zero-order chi connectivity index (χ0) is 15.1. The van der Waals surface area contributed by atoms with E-state index in [-0.39, 0.29) is 24.2 Å². The lowest BCUT2D eigenvalue weighted by molar-refractivity contribution is -0.139. The molecule has 1 amide bonds. The number of amides is 1. The van der Waals surface area contributed by atoms with Gasteiger partial charge in [-0.25, -0.2) is 4.39 Å². The van der Waals surface area contributed by atoms with Crippen molar-refractivity contribution in [1.82, 2.24) is 25.5 Å². The minimum absolute atomic E-state index is 0.150. The molecule has 2 aliphatic rings. The van der Waals surface area contributed by atoms with E-state index in [0.29, 0.717) is 23.7 Å². The highest BCUT2D eigenvalue weighted by atomic mass is 19.1. The highest BCUT2D eigenvalue weighted by molar-refractivity contribution is 5.83. The second kappa shape index (κ2) is 5.04. The largest absolute Gasteiger partial charge is 0.480 e. The molecule has 4 rings (SSSR count). The molecule has 0 aliphatic carbocycles. The number of carbonyl (C=O) groups is 1. The lowest BCUT2D eigenvalue weighted by Gasteiger charge is -2.24. The van der Waals surface area contributed by atoms with Gasteiger partial charge in [-0.3, -0.25) is 4.79 Å². The summed E-state index contributed by atoms with van der Waals surface area (Å²) >= 11 is 0. The summed E-state index contributed by atoms with van der Waals surface area (Å²) < 4.78 is 19.4. The summed E-state index contributed by atoms with van der Waals surface area (Å²) in [6, 6.07) is 4.46. The molecule has 0 radical (unpaired) electrons. The van der Waals surface area contributed by atoms with Crippen LogP contribution in [0, 0.1) is 5.82 Å². The average Bonchev–Trinajstić information content (AvgIpc) is 3.25. The Morgan fingerprint density at radius 1 is 1.45 bits per heavy atom. The van der Waals surface area contributed by atoms with Crippen LogP contribution in [0.4, 0.5) is 4.39 Å². The molecule has 1 aromatic carbocycles. The molecule has 114 valence electrons. The van der Waals surface area contributed by atoms with Crippen LogP contribution in [-0.2, 0) is 11.2 Å². The Labute approximate surface area is 125 Å². The van der Waals surface area contributed by atoms with Crippen molar-refractivity contribution in [3.05, 3.63) is 35.4 Å². The van der Waals surface area contributed by atoms with Gasteiger partial charge in [0.2, 0.25) is 0 Å². The standard InChI is InChI=1S/C14H14FN5O2/c15-9-3-1-5-11-8(9)7-12(22-11)14(21)20-6-2-4-10(20)13-16-18-19-17-13/h1,3,5,10,12H,2,4,6-7H2,(H,16,17,18,19). The summed E-state index contributed by atoms with van der Waals surface area (Å²) in [6.45, 7) is 0.622. The molecule has 0 bridgehead atoms. The normalized spacial score (nSPS) is 23.4. The van der Waals surface area contributed by atoms with Gasteiger partial charge in [0.15, 0.2) is 11.9 Å². The summed E-state index contributed by atoms with van der Waals surface area (Å²) in [7, 11) is 0. The number of likely N-dealkylation sites (tertiary alicyclic amines) is 1. The number of nitrogens with zero attached hydrogens (tertiary/aromatic N) is 4. The molecule has 2 atom stereocenters. The van der Waals surface area contributed by atoms with Gasteiger partial charge in [-0.15, -0.1) is 10.2 Å². The van der Waals surface area contributed by atoms with Crippen LogP contribution >= 0.6 is 0 Å². The molecule has 2 unspecified atom stereocenters. The van der Waals surface area contributed by atoms with Crippen molar-refractivity contribution in [2.24, 2.45) is 0 Å². The Kier molecular flexibility index (Phi) is 3.02. The fraction of sp³-hybridized carbons (Fsp3) is 0.429. The van der Waals surface area contributed by atoms with E-state index in [2.05, 4.69) is 20.6 Å². The number of benzene rings is 1. The number of ether oxygens (including phenoxy) is 1. The van der Waals surface area contributed by atoms with Crippen molar-refractivity contribution >= 4 is 5.91 Å². The average molecular weight is 303 g/mol.